The molecule has 0 bridgehead atoms. The Labute approximate surface area is 165 Å². The summed E-state index contributed by atoms with van der Waals surface area (Å²) in [6, 6.07) is 9.08. The van der Waals surface area contributed by atoms with Crippen LogP contribution in [0.1, 0.15) is 5.56 Å². The number of halogens is 1. The molecule has 0 saturated heterocycles. The molecule has 6 nitrogen and oxygen atoms in total. The second-order valence-corrected chi connectivity index (χ2v) is 8.43. The van der Waals surface area contributed by atoms with Gasteiger partial charge in [-0.05, 0) is 35.0 Å². The summed E-state index contributed by atoms with van der Waals surface area (Å²) in [5, 5.41) is 12.1. The number of ketones is 2. The predicted molar refractivity (Wildman–Crippen MR) is 105 cm³/mol. The molecular formula is C17H10BrN3O3S2. The van der Waals surface area contributed by atoms with Crippen molar-refractivity contribution in [2.24, 2.45) is 5.73 Å². The van der Waals surface area contributed by atoms with Crippen LogP contribution in [-0.4, -0.2) is 17.5 Å². The van der Waals surface area contributed by atoms with E-state index < -0.39 is 5.91 Å². The van der Waals surface area contributed by atoms with Gasteiger partial charge in [0.2, 0.25) is 11.6 Å². The highest BCUT2D eigenvalue weighted by Crippen LogP contribution is 2.54. The third-order valence-electron chi connectivity index (χ3n) is 3.54. The standard InChI is InChI=1S/C17H10BrN3O3S2/c1-7-2-4-8(5-3-7)21-11-10(18)12(22)14-15(13(11)23)26-17(25-14)9(6-19)16(20)24/h2-5,21H,1H3,(H2,20,24)/b17-9-. The number of anilines is 1. The van der Waals surface area contributed by atoms with E-state index in [-0.39, 0.29) is 41.4 Å². The zero-order valence-corrected chi connectivity index (χ0v) is 16.5. The molecule has 26 heavy (non-hydrogen) atoms. The van der Waals surface area contributed by atoms with Crippen molar-refractivity contribution < 1.29 is 14.4 Å². The molecule has 1 aromatic rings. The quantitative estimate of drug-likeness (QED) is 0.415. The van der Waals surface area contributed by atoms with Crippen LogP contribution in [-0.2, 0) is 14.4 Å². The van der Waals surface area contributed by atoms with Gasteiger partial charge in [-0.15, -0.1) is 0 Å². The van der Waals surface area contributed by atoms with Gasteiger partial charge < -0.3 is 11.1 Å². The summed E-state index contributed by atoms with van der Waals surface area (Å²) in [6.07, 6.45) is 0. The SMILES string of the molecule is Cc1ccc(NC2=C(Br)C(=O)C3=C(S/C(=C(/C#N)C(N)=O)S3)C2=O)cc1. The van der Waals surface area contributed by atoms with Crippen LogP contribution >= 0.6 is 39.5 Å². The number of nitrogens with zero attached hydrogens (tertiary/aromatic N) is 1. The molecule has 0 atom stereocenters. The molecule has 0 fully saturated rings. The van der Waals surface area contributed by atoms with Crippen LogP contribution in [0, 0.1) is 18.3 Å². The summed E-state index contributed by atoms with van der Waals surface area (Å²) in [4.78, 5) is 37.2. The number of amides is 1. The van der Waals surface area contributed by atoms with Crippen LogP contribution in [0.2, 0.25) is 0 Å². The summed E-state index contributed by atoms with van der Waals surface area (Å²) in [5.74, 6) is -1.67. The molecule has 0 saturated carbocycles. The molecule has 3 rings (SSSR count). The Balaban J connectivity index is 1.95. The normalized spacial score (nSPS) is 18.7. The topological polar surface area (TPSA) is 113 Å². The molecule has 0 unspecified atom stereocenters. The summed E-state index contributed by atoms with van der Waals surface area (Å²) < 4.78 is 0.345. The molecule has 1 aliphatic carbocycles. The molecule has 9 heteroatoms. The molecule has 2 aliphatic rings. The van der Waals surface area contributed by atoms with Crippen LogP contribution in [0.25, 0.3) is 0 Å². The lowest BCUT2D eigenvalue weighted by Crippen LogP contribution is -2.22. The van der Waals surface area contributed by atoms with E-state index in [0.717, 1.165) is 29.1 Å². The maximum atomic E-state index is 12.8. The maximum Gasteiger partial charge on any atom is 0.261 e. The lowest BCUT2D eigenvalue weighted by Gasteiger charge is -2.17. The Morgan fingerprint density at radius 1 is 1.15 bits per heavy atom. The number of primary amides is 1. The minimum atomic E-state index is -0.896. The zero-order valence-electron chi connectivity index (χ0n) is 13.3. The van der Waals surface area contributed by atoms with Crippen molar-refractivity contribution in [3.05, 3.63) is 59.6 Å². The lowest BCUT2D eigenvalue weighted by molar-refractivity contribution is -0.115. The molecule has 130 valence electrons. The summed E-state index contributed by atoms with van der Waals surface area (Å²) in [7, 11) is 0. The van der Waals surface area contributed by atoms with Crippen molar-refractivity contribution in [2.75, 3.05) is 5.32 Å². The Bertz CT molecular complexity index is 1000. The van der Waals surface area contributed by atoms with E-state index in [9.17, 15) is 14.4 Å². The summed E-state index contributed by atoms with van der Waals surface area (Å²) in [5.41, 5.74) is 6.76. The van der Waals surface area contributed by atoms with E-state index >= 15 is 0 Å². The van der Waals surface area contributed by atoms with E-state index in [4.69, 9.17) is 11.0 Å². The molecule has 1 aliphatic heterocycles. The minimum Gasteiger partial charge on any atom is -0.365 e. The summed E-state index contributed by atoms with van der Waals surface area (Å²) >= 11 is 5.03. The predicted octanol–water partition coefficient (Wildman–Crippen LogP) is 3.08. The number of nitriles is 1. The Morgan fingerprint density at radius 2 is 1.73 bits per heavy atom. The second kappa shape index (κ2) is 7.15. The largest absolute Gasteiger partial charge is 0.365 e. The van der Waals surface area contributed by atoms with Gasteiger partial charge in [0.25, 0.3) is 5.91 Å². The number of nitrogens with one attached hydrogen (secondary N) is 1. The van der Waals surface area contributed by atoms with E-state index in [1.54, 1.807) is 18.2 Å². The van der Waals surface area contributed by atoms with Crippen LogP contribution < -0.4 is 11.1 Å². The van der Waals surface area contributed by atoms with Crippen molar-refractivity contribution in [1.82, 2.24) is 0 Å². The number of carbonyl (C=O) groups excluding carboxylic acids is 3. The van der Waals surface area contributed by atoms with E-state index in [0.29, 0.717) is 5.69 Å². The fraction of sp³-hybridized carbons (Fsp3) is 0.0588. The van der Waals surface area contributed by atoms with Gasteiger partial charge in [-0.25, -0.2) is 0 Å². The number of Topliss-reactive ketones (excluding diaryl/α,β-unsaturated/α-hetero) is 2. The van der Waals surface area contributed by atoms with Crippen molar-refractivity contribution in [1.29, 1.82) is 5.26 Å². The van der Waals surface area contributed by atoms with Crippen LogP contribution in [0.4, 0.5) is 5.69 Å². The van der Waals surface area contributed by atoms with Crippen LogP contribution in [0.3, 0.4) is 0 Å². The Hall–Kier alpha value is -2.28. The van der Waals surface area contributed by atoms with Crippen molar-refractivity contribution >= 4 is 62.6 Å². The van der Waals surface area contributed by atoms with E-state index in [1.165, 1.54) is 0 Å². The molecule has 1 heterocycles. The van der Waals surface area contributed by atoms with Gasteiger partial charge >= 0.3 is 0 Å². The average molecular weight is 448 g/mol. The maximum absolute atomic E-state index is 12.8. The monoisotopic (exact) mass is 447 g/mol. The smallest absolute Gasteiger partial charge is 0.261 e. The number of benzene rings is 1. The van der Waals surface area contributed by atoms with Gasteiger partial charge in [0.15, 0.2) is 0 Å². The highest BCUT2D eigenvalue weighted by molar-refractivity contribution is 9.12. The number of hydrogen-bond donors (Lipinski definition) is 2. The first-order valence-electron chi connectivity index (χ1n) is 7.20. The molecule has 1 amide bonds. The first-order chi connectivity index (χ1) is 12.3. The number of aryl methyl sites for hydroxylation is 1. The van der Waals surface area contributed by atoms with E-state index in [1.807, 2.05) is 19.1 Å². The van der Waals surface area contributed by atoms with Crippen molar-refractivity contribution in [3.8, 4) is 6.07 Å². The third kappa shape index (κ3) is 3.23. The molecule has 0 radical (unpaired) electrons. The van der Waals surface area contributed by atoms with Crippen LogP contribution in [0.15, 0.2) is 54.1 Å². The Morgan fingerprint density at radius 3 is 2.27 bits per heavy atom. The molecular weight excluding hydrogens is 438 g/mol. The zero-order chi connectivity index (χ0) is 19.0. The molecule has 0 aromatic heterocycles. The highest BCUT2D eigenvalue weighted by Gasteiger charge is 2.40. The molecule has 1 aromatic carbocycles. The fourth-order valence-electron chi connectivity index (χ4n) is 2.22. The first kappa shape index (κ1) is 18.5. The number of rotatable bonds is 3. The van der Waals surface area contributed by atoms with Gasteiger partial charge in [0.1, 0.15) is 17.3 Å². The highest BCUT2D eigenvalue weighted by atomic mass is 79.9. The average Bonchev–Trinajstić information content (AvgIpc) is 3.04. The number of allylic oxidation sites excluding steroid dienone is 3. The molecule has 3 N–H and O–H groups in total. The van der Waals surface area contributed by atoms with Gasteiger partial charge in [-0.3, -0.25) is 14.4 Å². The fourth-order valence-corrected chi connectivity index (χ4v) is 5.37. The second-order valence-electron chi connectivity index (χ2n) is 5.34. The number of nitrogens with two attached hydrogens (primary N) is 1. The lowest BCUT2D eigenvalue weighted by atomic mass is 10.1. The molecule has 0 spiro atoms. The van der Waals surface area contributed by atoms with Gasteiger partial charge in [0, 0.05) is 5.69 Å². The minimum absolute atomic E-state index is 0.105. The number of thioether (sulfide) groups is 2. The van der Waals surface area contributed by atoms with Gasteiger partial charge in [-0.2, -0.15) is 5.26 Å². The number of hydrogen-bond acceptors (Lipinski definition) is 7. The van der Waals surface area contributed by atoms with Crippen LogP contribution in [0.5, 0.6) is 0 Å². The first-order valence-corrected chi connectivity index (χ1v) is 9.63. The van der Waals surface area contributed by atoms with Gasteiger partial charge in [0.05, 0.1) is 18.5 Å². The third-order valence-corrected chi connectivity index (χ3v) is 6.89. The van der Waals surface area contributed by atoms with Crippen molar-refractivity contribution in [2.45, 2.75) is 6.92 Å². The van der Waals surface area contributed by atoms with Gasteiger partial charge in [-0.1, -0.05) is 41.2 Å². The summed E-state index contributed by atoms with van der Waals surface area (Å²) in [6.45, 7) is 1.94. The number of carbonyl (C=O) groups is 3. The van der Waals surface area contributed by atoms with Crippen molar-refractivity contribution in [3.63, 3.8) is 0 Å². The Kier molecular flexibility index (Phi) is 5.09. The van der Waals surface area contributed by atoms with E-state index in [2.05, 4.69) is 21.2 Å².